The first-order valence-electron chi connectivity index (χ1n) is 6.26. The van der Waals surface area contributed by atoms with Crippen LogP contribution in [-0.4, -0.2) is 17.1 Å². The van der Waals surface area contributed by atoms with E-state index in [4.69, 9.17) is 10.5 Å². The van der Waals surface area contributed by atoms with Gasteiger partial charge in [0, 0.05) is 11.6 Å². The number of hydrogen-bond acceptors (Lipinski definition) is 4. The highest BCUT2D eigenvalue weighted by molar-refractivity contribution is 5.52. The van der Waals surface area contributed by atoms with Crippen molar-refractivity contribution in [2.45, 2.75) is 44.8 Å². The minimum Gasteiger partial charge on any atom is -0.482 e. The summed E-state index contributed by atoms with van der Waals surface area (Å²) in [5.74, 6) is 0.336. The zero-order valence-electron chi connectivity index (χ0n) is 10.5. The highest BCUT2D eigenvalue weighted by atomic mass is 16.6. The van der Waals surface area contributed by atoms with Gasteiger partial charge in [0.2, 0.25) is 0 Å². The van der Waals surface area contributed by atoms with E-state index in [2.05, 4.69) is 0 Å². The Morgan fingerprint density at radius 3 is 2.78 bits per heavy atom. The standard InChI is InChI=1S/C13H18N2O3/c1-9-5-4-8-12(13(9)15(16)17)18-11-7-3-2-6-10(11)14/h4-5,8,10-11H,2-3,6-7,14H2,1H3. The summed E-state index contributed by atoms with van der Waals surface area (Å²) in [4.78, 5) is 10.7. The smallest absolute Gasteiger partial charge is 0.313 e. The molecule has 1 aromatic rings. The topological polar surface area (TPSA) is 78.4 Å². The number of rotatable bonds is 3. The SMILES string of the molecule is Cc1cccc(OC2CCCCC2N)c1[N+](=O)[O-]. The average molecular weight is 250 g/mol. The van der Waals surface area contributed by atoms with Crippen LogP contribution in [0, 0.1) is 17.0 Å². The average Bonchev–Trinajstić information content (AvgIpc) is 2.31. The van der Waals surface area contributed by atoms with Crippen molar-refractivity contribution < 1.29 is 9.66 Å². The summed E-state index contributed by atoms with van der Waals surface area (Å²) in [7, 11) is 0. The van der Waals surface area contributed by atoms with Gasteiger partial charge in [-0.3, -0.25) is 10.1 Å². The summed E-state index contributed by atoms with van der Waals surface area (Å²) in [6.45, 7) is 1.71. The molecular weight excluding hydrogens is 232 g/mol. The molecule has 5 heteroatoms. The molecule has 0 amide bonds. The van der Waals surface area contributed by atoms with Crippen molar-refractivity contribution in [3.8, 4) is 5.75 Å². The summed E-state index contributed by atoms with van der Waals surface area (Å²) >= 11 is 0. The van der Waals surface area contributed by atoms with Crippen LogP contribution < -0.4 is 10.5 Å². The van der Waals surface area contributed by atoms with Gasteiger partial charge in [-0.15, -0.1) is 0 Å². The van der Waals surface area contributed by atoms with Gasteiger partial charge in [0.15, 0.2) is 5.75 Å². The van der Waals surface area contributed by atoms with Gasteiger partial charge < -0.3 is 10.5 Å². The van der Waals surface area contributed by atoms with E-state index in [-0.39, 0.29) is 22.8 Å². The summed E-state index contributed by atoms with van der Waals surface area (Å²) in [6, 6.07) is 5.10. The van der Waals surface area contributed by atoms with Crippen LogP contribution in [0.1, 0.15) is 31.2 Å². The van der Waals surface area contributed by atoms with Crippen molar-refractivity contribution in [1.82, 2.24) is 0 Å². The first kappa shape index (κ1) is 12.8. The molecule has 0 saturated heterocycles. The quantitative estimate of drug-likeness (QED) is 0.660. The molecule has 0 bridgehead atoms. The van der Waals surface area contributed by atoms with Gasteiger partial charge >= 0.3 is 5.69 Å². The monoisotopic (exact) mass is 250 g/mol. The molecule has 1 aliphatic carbocycles. The van der Waals surface area contributed by atoms with E-state index in [9.17, 15) is 10.1 Å². The molecule has 0 aromatic heterocycles. The number of aryl methyl sites for hydroxylation is 1. The molecule has 0 aliphatic heterocycles. The van der Waals surface area contributed by atoms with Crippen LogP contribution in [0.25, 0.3) is 0 Å². The van der Waals surface area contributed by atoms with Crippen LogP contribution in [0.4, 0.5) is 5.69 Å². The van der Waals surface area contributed by atoms with Crippen LogP contribution in [0.5, 0.6) is 5.75 Å². The summed E-state index contributed by atoms with van der Waals surface area (Å²) < 4.78 is 5.77. The van der Waals surface area contributed by atoms with E-state index in [1.165, 1.54) is 0 Å². The second-order valence-electron chi connectivity index (χ2n) is 4.78. The highest BCUT2D eigenvalue weighted by Gasteiger charge is 2.27. The molecule has 98 valence electrons. The van der Waals surface area contributed by atoms with Gasteiger partial charge in [-0.25, -0.2) is 0 Å². The third kappa shape index (κ3) is 2.61. The normalized spacial score (nSPS) is 23.7. The minimum absolute atomic E-state index is 0.0288. The van der Waals surface area contributed by atoms with Crippen LogP contribution >= 0.6 is 0 Å². The van der Waals surface area contributed by atoms with E-state index in [0.717, 1.165) is 25.7 Å². The maximum atomic E-state index is 11.1. The van der Waals surface area contributed by atoms with Crippen molar-refractivity contribution in [1.29, 1.82) is 0 Å². The molecule has 1 aliphatic rings. The zero-order chi connectivity index (χ0) is 13.1. The summed E-state index contributed by atoms with van der Waals surface area (Å²) in [5, 5.41) is 11.1. The van der Waals surface area contributed by atoms with Crippen molar-refractivity contribution >= 4 is 5.69 Å². The molecule has 1 saturated carbocycles. The van der Waals surface area contributed by atoms with Gasteiger partial charge in [0.1, 0.15) is 6.10 Å². The third-order valence-corrected chi connectivity index (χ3v) is 3.42. The summed E-state index contributed by atoms with van der Waals surface area (Å²) in [5.41, 5.74) is 6.66. The van der Waals surface area contributed by atoms with Crippen molar-refractivity contribution in [2.24, 2.45) is 5.73 Å². The Labute approximate surface area is 106 Å². The Kier molecular flexibility index (Phi) is 3.81. The second kappa shape index (κ2) is 5.35. The lowest BCUT2D eigenvalue weighted by Gasteiger charge is -2.29. The van der Waals surface area contributed by atoms with E-state index in [0.29, 0.717) is 11.3 Å². The first-order chi connectivity index (χ1) is 8.59. The van der Waals surface area contributed by atoms with E-state index < -0.39 is 0 Å². The molecule has 2 rings (SSSR count). The molecule has 1 fully saturated rings. The third-order valence-electron chi connectivity index (χ3n) is 3.42. The van der Waals surface area contributed by atoms with E-state index in [1.807, 2.05) is 0 Å². The van der Waals surface area contributed by atoms with Crippen LogP contribution in [0.15, 0.2) is 18.2 Å². The number of para-hydroxylation sites is 1. The Balaban J connectivity index is 2.23. The Morgan fingerprint density at radius 2 is 2.11 bits per heavy atom. The van der Waals surface area contributed by atoms with Crippen LogP contribution in [0.2, 0.25) is 0 Å². The molecule has 5 nitrogen and oxygen atoms in total. The lowest BCUT2D eigenvalue weighted by molar-refractivity contribution is -0.386. The first-order valence-corrected chi connectivity index (χ1v) is 6.26. The van der Waals surface area contributed by atoms with E-state index >= 15 is 0 Å². The van der Waals surface area contributed by atoms with Gasteiger partial charge in [0.05, 0.1) is 4.92 Å². The number of nitro benzene ring substituents is 1. The predicted molar refractivity (Wildman–Crippen MR) is 68.7 cm³/mol. The maximum absolute atomic E-state index is 11.1. The Morgan fingerprint density at radius 1 is 1.39 bits per heavy atom. The maximum Gasteiger partial charge on any atom is 0.313 e. The summed E-state index contributed by atoms with van der Waals surface area (Å²) in [6.07, 6.45) is 3.85. The van der Waals surface area contributed by atoms with Gasteiger partial charge in [0.25, 0.3) is 0 Å². The molecule has 1 aromatic carbocycles. The molecular formula is C13H18N2O3. The molecule has 2 unspecified atom stereocenters. The number of hydrogen-bond donors (Lipinski definition) is 1. The lowest BCUT2D eigenvalue weighted by Crippen LogP contribution is -2.41. The fourth-order valence-corrected chi connectivity index (χ4v) is 2.40. The fourth-order valence-electron chi connectivity index (χ4n) is 2.40. The molecule has 0 spiro atoms. The van der Waals surface area contributed by atoms with Gasteiger partial charge in [-0.1, -0.05) is 18.6 Å². The van der Waals surface area contributed by atoms with Crippen molar-refractivity contribution in [3.63, 3.8) is 0 Å². The number of benzene rings is 1. The minimum atomic E-state index is -0.390. The number of nitro groups is 1. The van der Waals surface area contributed by atoms with Gasteiger partial charge in [-0.2, -0.15) is 0 Å². The van der Waals surface area contributed by atoms with Crippen LogP contribution in [0.3, 0.4) is 0 Å². The predicted octanol–water partition coefficient (Wildman–Crippen LogP) is 2.55. The zero-order valence-corrected chi connectivity index (χ0v) is 10.5. The van der Waals surface area contributed by atoms with Crippen LogP contribution in [-0.2, 0) is 0 Å². The highest BCUT2D eigenvalue weighted by Crippen LogP contribution is 2.33. The molecule has 0 radical (unpaired) electrons. The number of nitrogens with zero attached hydrogens (tertiary/aromatic N) is 1. The Bertz CT molecular complexity index is 448. The second-order valence-corrected chi connectivity index (χ2v) is 4.78. The molecule has 2 N–H and O–H groups in total. The molecule has 18 heavy (non-hydrogen) atoms. The molecule has 0 heterocycles. The van der Waals surface area contributed by atoms with Crippen molar-refractivity contribution in [3.05, 3.63) is 33.9 Å². The van der Waals surface area contributed by atoms with Crippen molar-refractivity contribution in [2.75, 3.05) is 0 Å². The Hall–Kier alpha value is -1.62. The fraction of sp³-hybridized carbons (Fsp3) is 0.538. The number of ether oxygens (including phenoxy) is 1. The molecule has 2 atom stereocenters. The van der Waals surface area contributed by atoms with Gasteiger partial charge in [-0.05, 0) is 32.3 Å². The lowest BCUT2D eigenvalue weighted by atomic mass is 9.93. The number of nitrogens with two attached hydrogens (primary N) is 1. The van der Waals surface area contributed by atoms with E-state index in [1.54, 1.807) is 25.1 Å². The largest absolute Gasteiger partial charge is 0.482 e.